The molecule has 5 aromatic heterocycles. The molecule has 0 bridgehead atoms. The Kier molecular flexibility index (Phi) is 16.8. The summed E-state index contributed by atoms with van der Waals surface area (Å²) in [6.07, 6.45) is 19.5. The Labute approximate surface area is 447 Å². The lowest BCUT2D eigenvalue weighted by molar-refractivity contribution is -0.124. The molecule has 5 aromatic rings. The molecule has 9 rings (SSSR count). The summed E-state index contributed by atoms with van der Waals surface area (Å²) >= 11 is 3.25. The third-order valence-corrected chi connectivity index (χ3v) is 19.1. The minimum absolute atomic E-state index is 0.137. The van der Waals surface area contributed by atoms with E-state index in [-0.39, 0.29) is 47.3 Å². The largest absolute Gasteiger partial charge is 0.463 e. The fourth-order valence-electron chi connectivity index (χ4n) is 12.0. The Morgan fingerprint density at radius 1 is 0.446 bits per heavy atom. The van der Waals surface area contributed by atoms with Gasteiger partial charge >= 0.3 is 0 Å². The quantitative estimate of drug-likeness (QED) is 0.0493. The number of furan rings is 2. The van der Waals surface area contributed by atoms with Crippen LogP contribution in [0.1, 0.15) is 179 Å². The average Bonchev–Trinajstić information content (AvgIpc) is 4.30. The van der Waals surface area contributed by atoms with Crippen molar-refractivity contribution in [2.45, 2.75) is 158 Å². The van der Waals surface area contributed by atoms with Crippen LogP contribution in [0.15, 0.2) is 80.1 Å². The van der Waals surface area contributed by atoms with Crippen LogP contribution in [0.5, 0.6) is 0 Å². The molecule has 0 N–H and O–H groups in total. The Bertz CT molecular complexity index is 2800. The number of fused-ring (bicyclic) bond motifs is 5. The summed E-state index contributed by atoms with van der Waals surface area (Å²) in [4.78, 5) is 70.5. The standard InChI is InChI=1S/C61H79N5O6S2/c1-10-18-24-38(14-5)34-63-52(44-28-22-30-71-44)48-50(60(63)69)54(65(58(48)67)36-40(16-7)26-20-12-3)46-32-42-56(73-46)57-43(62(42)9)33-47(74-57)55-51-49(59(68)66(55)37-41(17-8)27-21-13-4)53(45-29-23-31-72-45)64(61(51)70)35-39(15-6)25-19-11-2/h22-23,28-33,38-41H,10-21,24-27,34-37H2,1-9H3. The van der Waals surface area contributed by atoms with E-state index in [0.717, 1.165) is 133 Å². The van der Waals surface area contributed by atoms with Gasteiger partial charge in [-0.15, -0.1) is 22.7 Å². The topological polar surface area (TPSA) is 112 Å². The third-order valence-electron chi connectivity index (χ3n) is 16.6. The van der Waals surface area contributed by atoms with E-state index in [1.807, 2.05) is 43.9 Å². The van der Waals surface area contributed by atoms with Crippen molar-refractivity contribution in [1.29, 1.82) is 0 Å². The van der Waals surface area contributed by atoms with Gasteiger partial charge in [0.15, 0.2) is 11.5 Å². The molecular formula is C61H79N5O6S2. The van der Waals surface area contributed by atoms with Crippen LogP contribution in [0.3, 0.4) is 0 Å². The van der Waals surface area contributed by atoms with E-state index in [1.54, 1.807) is 35.2 Å². The van der Waals surface area contributed by atoms with E-state index in [0.29, 0.717) is 82.8 Å². The first-order valence-electron chi connectivity index (χ1n) is 28.3. The van der Waals surface area contributed by atoms with Gasteiger partial charge in [-0.25, -0.2) is 0 Å². The first-order chi connectivity index (χ1) is 36.0. The van der Waals surface area contributed by atoms with Gasteiger partial charge in [0.25, 0.3) is 23.6 Å². The number of carbonyl (C=O) groups excluding carboxylic acids is 4. The second kappa shape index (κ2) is 23.2. The smallest absolute Gasteiger partial charge is 0.261 e. The number of nitrogens with zero attached hydrogens (tertiary/aromatic N) is 5. The van der Waals surface area contributed by atoms with Crippen molar-refractivity contribution in [1.82, 2.24) is 24.2 Å². The van der Waals surface area contributed by atoms with Gasteiger partial charge in [0, 0.05) is 33.2 Å². The summed E-state index contributed by atoms with van der Waals surface area (Å²) in [6, 6.07) is 11.8. The van der Waals surface area contributed by atoms with Crippen molar-refractivity contribution < 1.29 is 28.0 Å². The van der Waals surface area contributed by atoms with E-state index in [9.17, 15) is 0 Å². The van der Waals surface area contributed by atoms with Gasteiger partial charge in [-0.3, -0.25) is 19.2 Å². The number of hydrogen-bond donors (Lipinski definition) is 0. The summed E-state index contributed by atoms with van der Waals surface area (Å²) in [5, 5.41) is 0. The maximum atomic E-state index is 15.3. The van der Waals surface area contributed by atoms with Gasteiger partial charge in [-0.05, 0) is 85.8 Å². The van der Waals surface area contributed by atoms with Crippen LogP contribution < -0.4 is 0 Å². The highest BCUT2D eigenvalue weighted by Crippen LogP contribution is 2.53. The number of unbranched alkanes of at least 4 members (excludes halogenated alkanes) is 4. The molecule has 0 saturated carbocycles. The van der Waals surface area contributed by atoms with Gasteiger partial charge in [-0.2, -0.15) is 0 Å². The second-order valence-electron chi connectivity index (χ2n) is 21.4. The first kappa shape index (κ1) is 53.4. The molecule has 4 amide bonds. The van der Waals surface area contributed by atoms with Crippen LogP contribution in [0.2, 0.25) is 0 Å². The number of thiophene rings is 2. The molecule has 13 heteroatoms. The van der Waals surface area contributed by atoms with Crippen LogP contribution in [0, 0.1) is 23.7 Å². The van der Waals surface area contributed by atoms with Crippen LogP contribution in [0.25, 0.3) is 43.2 Å². The molecule has 4 aliphatic heterocycles. The van der Waals surface area contributed by atoms with Crippen molar-refractivity contribution >= 4 is 89.5 Å². The molecule has 4 aliphatic rings. The number of aryl methyl sites for hydroxylation is 1. The molecule has 0 aliphatic carbocycles. The van der Waals surface area contributed by atoms with Gasteiger partial charge in [-0.1, -0.05) is 132 Å². The van der Waals surface area contributed by atoms with E-state index < -0.39 is 0 Å². The third kappa shape index (κ3) is 9.62. The summed E-state index contributed by atoms with van der Waals surface area (Å²) in [5.74, 6) is 1.61. The molecule has 4 unspecified atom stereocenters. The lowest BCUT2D eigenvalue weighted by Crippen LogP contribution is -2.34. The number of hydrogen-bond acceptors (Lipinski definition) is 8. The zero-order valence-electron chi connectivity index (χ0n) is 45.6. The second-order valence-corrected chi connectivity index (χ2v) is 23.5. The molecule has 0 aromatic carbocycles. The Morgan fingerprint density at radius 2 is 0.743 bits per heavy atom. The van der Waals surface area contributed by atoms with Gasteiger partial charge in [0.05, 0.1) is 76.4 Å². The minimum Gasteiger partial charge on any atom is -0.463 e. The van der Waals surface area contributed by atoms with Crippen LogP contribution in [0.4, 0.5) is 0 Å². The molecule has 0 radical (unpaired) electrons. The van der Waals surface area contributed by atoms with E-state index in [4.69, 9.17) is 8.83 Å². The maximum Gasteiger partial charge on any atom is 0.261 e. The van der Waals surface area contributed by atoms with Crippen molar-refractivity contribution in [3.8, 4) is 0 Å². The number of aromatic nitrogens is 1. The lowest BCUT2D eigenvalue weighted by Gasteiger charge is -2.28. The molecular weight excluding hydrogens is 963 g/mol. The van der Waals surface area contributed by atoms with Crippen LogP contribution >= 0.6 is 22.7 Å². The predicted molar refractivity (Wildman–Crippen MR) is 301 cm³/mol. The summed E-state index contributed by atoms with van der Waals surface area (Å²) in [7, 11) is 2.08. The van der Waals surface area contributed by atoms with E-state index >= 15 is 19.2 Å². The fraction of sp³-hybridized carbons (Fsp3) is 0.541. The van der Waals surface area contributed by atoms with Gasteiger partial charge in [0.1, 0.15) is 11.4 Å². The molecule has 4 atom stereocenters. The molecule has 0 spiro atoms. The molecule has 396 valence electrons. The molecule has 0 saturated heterocycles. The van der Waals surface area contributed by atoms with Crippen molar-refractivity contribution in [2.24, 2.45) is 30.7 Å². The Morgan fingerprint density at radius 3 is 1.01 bits per heavy atom. The summed E-state index contributed by atoms with van der Waals surface area (Å²) < 4.78 is 16.5. The fourth-order valence-corrected chi connectivity index (χ4v) is 14.6. The lowest BCUT2D eigenvalue weighted by atomic mass is 9.98. The molecule has 11 nitrogen and oxygen atoms in total. The van der Waals surface area contributed by atoms with Crippen LogP contribution in [-0.4, -0.2) is 74.0 Å². The Hall–Kier alpha value is -5.40. The normalized spacial score (nSPS) is 17.9. The highest BCUT2D eigenvalue weighted by molar-refractivity contribution is 7.28. The highest BCUT2D eigenvalue weighted by Gasteiger charge is 2.52. The monoisotopic (exact) mass is 1040 g/mol. The van der Waals surface area contributed by atoms with Crippen LogP contribution in [-0.2, 0) is 26.2 Å². The number of rotatable bonds is 28. The van der Waals surface area contributed by atoms with Crippen molar-refractivity contribution in [3.05, 3.63) is 92.5 Å². The van der Waals surface area contributed by atoms with Crippen molar-refractivity contribution in [2.75, 3.05) is 26.2 Å². The zero-order chi connectivity index (χ0) is 52.4. The van der Waals surface area contributed by atoms with Crippen molar-refractivity contribution in [3.63, 3.8) is 0 Å². The van der Waals surface area contributed by atoms with E-state index in [2.05, 4.69) is 79.1 Å². The van der Waals surface area contributed by atoms with E-state index in [1.165, 1.54) is 0 Å². The maximum absolute atomic E-state index is 15.3. The SMILES string of the molecule is CCCCC(CC)CN1C(=O)C2=C(c3cc4c(s3)c3sc(C5=C6C(=O)N(CC(CC)CCCC)C(c7ccco7)=C6C(=O)N5CC(CC)CCCC)cc3n4C)N(CC(CC)CCCC)C(=O)C2=C1c1ccco1. The molecule has 9 heterocycles. The van der Waals surface area contributed by atoms with Gasteiger partial charge < -0.3 is 33.0 Å². The first-order valence-corrected chi connectivity index (χ1v) is 30.0. The summed E-state index contributed by atoms with van der Waals surface area (Å²) in [6.45, 7) is 19.7. The van der Waals surface area contributed by atoms with Gasteiger partial charge in [0.2, 0.25) is 0 Å². The molecule has 0 fully saturated rings. The highest BCUT2D eigenvalue weighted by atomic mass is 32.1. The number of amides is 4. The molecule has 74 heavy (non-hydrogen) atoms. The summed E-state index contributed by atoms with van der Waals surface area (Å²) in [5.41, 5.74) is 6.43. The Balaban J connectivity index is 1.21. The zero-order valence-corrected chi connectivity index (χ0v) is 47.2. The average molecular weight is 1040 g/mol. The minimum atomic E-state index is -0.137. The number of carbonyl (C=O) groups is 4. The predicted octanol–water partition coefficient (Wildman–Crippen LogP) is 15.1.